The molecular weight excluding hydrogens is 510 g/mol. The van der Waals surface area contributed by atoms with Gasteiger partial charge in [-0.1, -0.05) is 55.5 Å². The molecule has 1 amide bonds. The number of imidazole rings is 1. The van der Waals surface area contributed by atoms with Crippen LogP contribution in [0.3, 0.4) is 0 Å². The summed E-state index contributed by atoms with van der Waals surface area (Å²) >= 11 is 0. The van der Waals surface area contributed by atoms with Crippen LogP contribution in [0.4, 0.5) is 5.69 Å². The first-order chi connectivity index (χ1) is 19.4. The summed E-state index contributed by atoms with van der Waals surface area (Å²) in [5.74, 6) is -1.17. The number of nitrogens with zero attached hydrogens (tertiary/aromatic N) is 2. The molecule has 1 aromatic heterocycles. The van der Waals surface area contributed by atoms with Crippen molar-refractivity contribution >= 4 is 28.6 Å². The summed E-state index contributed by atoms with van der Waals surface area (Å²) in [7, 11) is 0. The molecule has 1 aliphatic heterocycles. The van der Waals surface area contributed by atoms with Gasteiger partial charge in [0.25, 0.3) is 0 Å². The molecule has 1 aliphatic rings. The molecule has 2 heterocycles. The summed E-state index contributed by atoms with van der Waals surface area (Å²) in [6.07, 6.45) is 0.989. The second-order valence-electron chi connectivity index (χ2n) is 10.1. The molecule has 9 heteroatoms. The minimum Gasteiger partial charge on any atom is -0.481 e. The Kier molecular flexibility index (Phi) is 8.54. The Bertz CT molecular complexity index is 1470. The van der Waals surface area contributed by atoms with Crippen molar-refractivity contribution in [3.8, 4) is 0 Å². The molecule has 4 aromatic rings. The number of benzene rings is 3. The number of carboxylic acid groups (broad SMARTS) is 1. The molecule has 0 aliphatic carbocycles. The number of aromatic nitrogens is 2. The van der Waals surface area contributed by atoms with Crippen LogP contribution in [0, 0.1) is 5.92 Å². The quantitative estimate of drug-likeness (QED) is 0.251. The van der Waals surface area contributed by atoms with Gasteiger partial charge in [-0.25, -0.2) is 4.98 Å². The van der Waals surface area contributed by atoms with E-state index in [-0.39, 0.29) is 49.9 Å². The molecule has 5 rings (SSSR count). The Hall–Kier alpha value is -4.05. The molecule has 40 heavy (non-hydrogen) atoms. The highest BCUT2D eigenvalue weighted by atomic mass is 16.7. The zero-order valence-electron chi connectivity index (χ0n) is 22.3. The Morgan fingerprint density at radius 3 is 2.55 bits per heavy atom. The number of fused-ring (bicyclic) bond motifs is 1. The van der Waals surface area contributed by atoms with Gasteiger partial charge < -0.3 is 29.6 Å². The highest BCUT2D eigenvalue weighted by molar-refractivity contribution is 5.91. The average Bonchev–Trinajstić information content (AvgIpc) is 3.37. The number of anilines is 1. The highest BCUT2D eigenvalue weighted by Gasteiger charge is 2.38. The van der Waals surface area contributed by atoms with Crippen LogP contribution in [-0.2, 0) is 32.2 Å². The number of amides is 1. The molecule has 3 N–H and O–H groups in total. The van der Waals surface area contributed by atoms with E-state index in [0.717, 1.165) is 27.7 Å². The van der Waals surface area contributed by atoms with E-state index in [9.17, 15) is 14.7 Å². The van der Waals surface area contributed by atoms with Gasteiger partial charge in [0.05, 0.1) is 42.7 Å². The van der Waals surface area contributed by atoms with E-state index in [1.807, 2.05) is 73.1 Å². The van der Waals surface area contributed by atoms with E-state index in [1.165, 1.54) is 0 Å². The van der Waals surface area contributed by atoms with Gasteiger partial charge in [-0.2, -0.15) is 0 Å². The molecule has 0 saturated carbocycles. The van der Waals surface area contributed by atoms with Gasteiger partial charge in [0.1, 0.15) is 0 Å². The van der Waals surface area contributed by atoms with Gasteiger partial charge in [-0.15, -0.1) is 0 Å². The lowest BCUT2D eigenvalue weighted by atomic mass is 9.90. The van der Waals surface area contributed by atoms with Gasteiger partial charge in [0, 0.05) is 30.0 Å². The number of aliphatic carboxylic acids is 1. The summed E-state index contributed by atoms with van der Waals surface area (Å²) < 4.78 is 15.2. The number of hydrogen-bond donors (Lipinski definition) is 3. The Morgan fingerprint density at radius 2 is 1.77 bits per heavy atom. The van der Waals surface area contributed by atoms with Crippen molar-refractivity contribution in [2.45, 2.75) is 57.8 Å². The van der Waals surface area contributed by atoms with E-state index in [2.05, 4.69) is 21.8 Å². The summed E-state index contributed by atoms with van der Waals surface area (Å²) in [6, 6.07) is 23.1. The number of aliphatic hydroxyl groups is 1. The first kappa shape index (κ1) is 27.5. The molecule has 3 aromatic carbocycles. The fourth-order valence-electron chi connectivity index (χ4n) is 5.06. The lowest BCUT2D eigenvalue weighted by molar-refractivity contribution is -0.276. The third kappa shape index (κ3) is 6.39. The van der Waals surface area contributed by atoms with Crippen molar-refractivity contribution in [1.82, 2.24) is 9.55 Å². The van der Waals surface area contributed by atoms with Crippen LogP contribution in [0.25, 0.3) is 11.0 Å². The lowest BCUT2D eigenvalue weighted by Crippen LogP contribution is -2.39. The predicted octanol–water partition coefficient (Wildman–Crippen LogP) is 5.21. The maximum Gasteiger partial charge on any atom is 0.303 e. The van der Waals surface area contributed by atoms with Gasteiger partial charge >= 0.3 is 5.97 Å². The number of ether oxygens (including phenoxy) is 2. The van der Waals surface area contributed by atoms with Gasteiger partial charge in [0.15, 0.2) is 6.29 Å². The zero-order valence-corrected chi connectivity index (χ0v) is 22.3. The first-order valence-corrected chi connectivity index (χ1v) is 13.4. The van der Waals surface area contributed by atoms with Crippen LogP contribution in [0.2, 0.25) is 0 Å². The molecule has 0 spiro atoms. The van der Waals surface area contributed by atoms with E-state index < -0.39 is 12.3 Å². The maximum absolute atomic E-state index is 12.4. The normalized spacial score (nSPS) is 20.9. The third-order valence-corrected chi connectivity index (χ3v) is 7.26. The van der Waals surface area contributed by atoms with Gasteiger partial charge in [-0.3, -0.25) is 9.59 Å². The minimum atomic E-state index is -0.922. The number of rotatable bonds is 10. The Labute approximate surface area is 232 Å². The summed E-state index contributed by atoms with van der Waals surface area (Å²) in [6.45, 7) is 2.66. The third-order valence-electron chi connectivity index (χ3n) is 7.26. The second-order valence-corrected chi connectivity index (χ2v) is 10.1. The topological polar surface area (TPSA) is 123 Å². The van der Waals surface area contributed by atoms with Crippen molar-refractivity contribution in [1.29, 1.82) is 0 Å². The maximum atomic E-state index is 12.4. The van der Waals surface area contributed by atoms with E-state index in [0.29, 0.717) is 12.2 Å². The second kappa shape index (κ2) is 12.4. The van der Waals surface area contributed by atoms with E-state index in [4.69, 9.17) is 14.6 Å². The molecule has 1 fully saturated rings. The summed E-state index contributed by atoms with van der Waals surface area (Å²) in [5, 5.41) is 21.2. The molecular formula is C31H33N3O6. The van der Waals surface area contributed by atoms with Crippen LogP contribution in [0.5, 0.6) is 0 Å². The van der Waals surface area contributed by atoms with Crippen molar-refractivity contribution in [3.63, 3.8) is 0 Å². The Morgan fingerprint density at radius 1 is 0.975 bits per heavy atom. The van der Waals surface area contributed by atoms with E-state index >= 15 is 0 Å². The largest absolute Gasteiger partial charge is 0.481 e. The standard InChI is InChI=1S/C31H33N3O6/c1-20-27(17-34-19-32-25-8-2-3-9-26(25)34)39-31(40-30(20)22-14-12-21(18-35)13-15-22)23-6-4-7-24(16-23)33-28(36)10-5-11-29(37)38/h2-4,6-9,12-16,19-20,27,30-31,35H,5,10-11,17-18H2,1H3,(H,33,36)(H,37,38)/t20-,27+,30+,31+/m0/s1. The van der Waals surface area contributed by atoms with Crippen molar-refractivity contribution < 1.29 is 29.3 Å². The Balaban J connectivity index is 1.39. The van der Waals surface area contributed by atoms with Crippen LogP contribution >= 0.6 is 0 Å². The smallest absolute Gasteiger partial charge is 0.303 e. The minimum absolute atomic E-state index is 0.00508. The molecule has 0 unspecified atom stereocenters. The van der Waals surface area contributed by atoms with Crippen molar-refractivity contribution in [3.05, 3.63) is 95.8 Å². The van der Waals surface area contributed by atoms with Gasteiger partial charge in [0.2, 0.25) is 5.91 Å². The SMILES string of the molecule is C[C@H]1[C@@H](Cn2cnc3ccccc32)O[C@@H](c2cccc(NC(=O)CCCC(=O)O)c2)O[C@H]1c1ccc(CO)cc1. The number of carboxylic acids is 1. The molecule has 4 atom stereocenters. The number of carbonyl (C=O) groups is 2. The highest BCUT2D eigenvalue weighted by Crippen LogP contribution is 2.42. The van der Waals surface area contributed by atoms with E-state index in [1.54, 1.807) is 6.07 Å². The fourth-order valence-corrected chi connectivity index (χ4v) is 5.06. The van der Waals surface area contributed by atoms with Crippen LogP contribution in [0.1, 0.15) is 55.3 Å². The van der Waals surface area contributed by atoms with Crippen molar-refractivity contribution in [2.24, 2.45) is 5.92 Å². The average molecular weight is 544 g/mol. The molecule has 0 radical (unpaired) electrons. The molecule has 208 valence electrons. The molecule has 1 saturated heterocycles. The summed E-state index contributed by atoms with van der Waals surface area (Å²) in [5.41, 5.74) is 5.10. The van der Waals surface area contributed by atoms with Crippen LogP contribution in [-0.4, -0.2) is 37.7 Å². The summed E-state index contributed by atoms with van der Waals surface area (Å²) in [4.78, 5) is 27.6. The van der Waals surface area contributed by atoms with Crippen LogP contribution in [0.15, 0.2) is 79.1 Å². The van der Waals surface area contributed by atoms with Crippen LogP contribution < -0.4 is 5.32 Å². The number of hydrogen-bond acceptors (Lipinski definition) is 6. The molecule has 0 bridgehead atoms. The fraction of sp³-hybridized carbons (Fsp3) is 0.323. The van der Waals surface area contributed by atoms with Crippen molar-refractivity contribution in [2.75, 3.05) is 5.32 Å². The monoisotopic (exact) mass is 543 g/mol. The number of aliphatic hydroxyl groups excluding tert-OH is 1. The number of carbonyl (C=O) groups excluding carboxylic acids is 1. The first-order valence-electron chi connectivity index (χ1n) is 13.4. The van der Waals surface area contributed by atoms with Gasteiger partial charge in [-0.05, 0) is 41.8 Å². The lowest BCUT2D eigenvalue weighted by Gasteiger charge is -2.41. The molecule has 9 nitrogen and oxygen atoms in total. The predicted molar refractivity (Wildman–Crippen MR) is 149 cm³/mol. The number of nitrogens with one attached hydrogen (secondary N) is 1. The zero-order chi connectivity index (χ0) is 28.1. The number of para-hydroxylation sites is 2.